The number of amidine groups is 1. The predicted molar refractivity (Wildman–Crippen MR) is 80.5 cm³/mol. The number of benzene rings is 1. The summed E-state index contributed by atoms with van der Waals surface area (Å²) in [6.45, 7) is 2.05. The number of nitrogens with one attached hydrogen (secondary N) is 1. The normalized spacial score (nSPS) is 25.4. The maximum atomic E-state index is 8.97. The van der Waals surface area contributed by atoms with Gasteiger partial charge in [0.05, 0.1) is 17.7 Å². The summed E-state index contributed by atoms with van der Waals surface area (Å²) in [4.78, 5) is 4.82. The van der Waals surface area contributed by atoms with E-state index in [1.165, 1.54) is 25.0 Å². The highest BCUT2D eigenvalue weighted by molar-refractivity contribution is 8.14. The van der Waals surface area contributed by atoms with Gasteiger partial charge in [0.1, 0.15) is 0 Å². The quantitative estimate of drug-likeness (QED) is 0.849. The van der Waals surface area contributed by atoms with Crippen molar-refractivity contribution < 1.29 is 0 Å². The van der Waals surface area contributed by atoms with E-state index in [2.05, 4.69) is 18.3 Å². The molecule has 1 aliphatic heterocycles. The second-order valence-electron chi connectivity index (χ2n) is 5.27. The fourth-order valence-electron chi connectivity index (χ4n) is 2.77. The van der Waals surface area contributed by atoms with Crippen molar-refractivity contribution in [1.29, 1.82) is 5.26 Å². The molecular formula is C15H17N3S. The zero-order valence-electron chi connectivity index (χ0n) is 11.0. The molecule has 1 aromatic rings. The van der Waals surface area contributed by atoms with Crippen LogP contribution >= 0.6 is 11.8 Å². The summed E-state index contributed by atoms with van der Waals surface area (Å²) in [5.74, 6) is 1.95. The van der Waals surface area contributed by atoms with Gasteiger partial charge in [-0.15, -0.1) is 0 Å². The molecule has 98 valence electrons. The number of hydrogen-bond donors (Lipinski definition) is 1. The maximum Gasteiger partial charge on any atom is 0.161 e. The van der Waals surface area contributed by atoms with Crippen molar-refractivity contribution in [2.45, 2.75) is 32.2 Å². The van der Waals surface area contributed by atoms with Gasteiger partial charge in [-0.05, 0) is 43.4 Å². The molecule has 0 saturated heterocycles. The standard InChI is InChI=1S/C15H17N3S/c1-10-5-6-11(8-16)7-14(10)18-15-17-13-4-2-3-12(13)9-19-15/h5-7,12-13H,2-4,9H2,1H3,(H,17,18). The number of aliphatic imine (C=N–C) groups is 1. The summed E-state index contributed by atoms with van der Waals surface area (Å²) in [5.41, 5.74) is 2.84. The monoisotopic (exact) mass is 271 g/mol. The Morgan fingerprint density at radius 2 is 2.32 bits per heavy atom. The zero-order valence-corrected chi connectivity index (χ0v) is 11.8. The summed E-state index contributed by atoms with van der Waals surface area (Å²) in [7, 11) is 0. The molecule has 0 radical (unpaired) electrons. The second kappa shape index (κ2) is 5.26. The Kier molecular flexibility index (Phi) is 3.48. The van der Waals surface area contributed by atoms with Gasteiger partial charge in [-0.3, -0.25) is 4.99 Å². The maximum absolute atomic E-state index is 8.97. The molecule has 2 atom stereocenters. The van der Waals surface area contributed by atoms with Crippen LogP contribution in [0.25, 0.3) is 0 Å². The van der Waals surface area contributed by atoms with Crippen molar-refractivity contribution in [2.24, 2.45) is 10.9 Å². The first-order valence-corrected chi connectivity index (χ1v) is 7.73. The van der Waals surface area contributed by atoms with E-state index >= 15 is 0 Å². The number of hydrogen-bond acceptors (Lipinski definition) is 4. The van der Waals surface area contributed by atoms with Crippen LogP contribution in [0.1, 0.15) is 30.4 Å². The Morgan fingerprint density at radius 3 is 3.16 bits per heavy atom. The third-order valence-electron chi connectivity index (χ3n) is 3.94. The topological polar surface area (TPSA) is 48.2 Å². The fraction of sp³-hybridized carbons (Fsp3) is 0.467. The van der Waals surface area contributed by atoms with E-state index in [0.717, 1.165) is 22.3 Å². The van der Waals surface area contributed by atoms with E-state index in [1.54, 1.807) is 0 Å². The molecule has 1 heterocycles. The van der Waals surface area contributed by atoms with Crippen LogP contribution < -0.4 is 5.32 Å². The first-order valence-electron chi connectivity index (χ1n) is 6.74. The molecule has 1 saturated carbocycles. The van der Waals surface area contributed by atoms with Crippen molar-refractivity contribution in [3.8, 4) is 6.07 Å². The molecule has 0 aromatic heterocycles. The average molecular weight is 271 g/mol. The van der Waals surface area contributed by atoms with E-state index in [0.29, 0.717) is 11.6 Å². The zero-order chi connectivity index (χ0) is 13.2. The molecule has 1 aromatic carbocycles. The lowest BCUT2D eigenvalue weighted by Crippen LogP contribution is -2.25. The SMILES string of the molecule is Cc1ccc(C#N)cc1NC1=NC2CCCC2CS1. The summed E-state index contributed by atoms with van der Waals surface area (Å²) in [6, 6.07) is 8.43. The molecule has 3 nitrogen and oxygen atoms in total. The number of rotatable bonds is 1. The lowest BCUT2D eigenvalue weighted by molar-refractivity contribution is 0.535. The van der Waals surface area contributed by atoms with Crippen molar-refractivity contribution in [1.82, 2.24) is 0 Å². The van der Waals surface area contributed by atoms with Gasteiger partial charge < -0.3 is 5.32 Å². The van der Waals surface area contributed by atoms with Gasteiger partial charge in [-0.2, -0.15) is 5.26 Å². The largest absolute Gasteiger partial charge is 0.335 e. The minimum atomic E-state index is 0.517. The van der Waals surface area contributed by atoms with Gasteiger partial charge in [0.15, 0.2) is 5.17 Å². The van der Waals surface area contributed by atoms with Gasteiger partial charge in [-0.25, -0.2) is 0 Å². The first kappa shape index (κ1) is 12.6. The summed E-state index contributed by atoms with van der Waals surface area (Å²) >= 11 is 1.81. The molecule has 3 rings (SSSR count). The van der Waals surface area contributed by atoms with Crippen molar-refractivity contribution in [3.05, 3.63) is 29.3 Å². The Labute approximate surface area is 118 Å². The highest BCUT2D eigenvalue weighted by Crippen LogP contribution is 2.35. The molecule has 19 heavy (non-hydrogen) atoms. The van der Waals surface area contributed by atoms with Gasteiger partial charge in [-0.1, -0.05) is 24.2 Å². The number of fused-ring (bicyclic) bond motifs is 1. The third-order valence-corrected chi connectivity index (χ3v) is 5.02. The lowest BCUT2D eigenvalue weighted by atomic mass is 10.1. The number of aryl methyl sites for hydroxylation is 1. The van der Waals surface area contributed by atoms with Crippen molar-refractivity contribution >= 4 is 22.6 Å². The molecule has 0 amide bonds. The molecule has 4 heteroatoms. The van der Waals surface area contributed by atoms with Crippen LogP contribution in [0.5, 0.6) is 0 Å². The van der Waals surface area contributed by atoms with Crippen LogP contribution in [0.15, 0.2) is 23.2 Å². The third kappa shape index (κ3) is 2.62. The van der Waals surface area contributed by atoms with Gasteiger partial charge >= 0.3 is 0 Å². The average Bonchev–Trinajstić information content (AvgIpc) is 2.89. The first-order chi connectivity index (χ1) is 9.26. The number of nitriles is 1. The van der Waals surface area contributed by atoms with Gasteiger partial charge in [0, 0.05) is 11.4 Å². The molecule has 2 aliphatic rings. The van der Waals surface area contributed by atoms with E-state index in [4.69, 9.17) is 10.3 Å². The van der Waals surface area contributed by atoms with E-state index < -0.39 is 0 Å². The number of anilines is 1. The number of nitrogens with zero attached hydrogens (tertiary/aromatic N) is 2. The predicted octanol–water partition coefficient (Wildman–Crippen LogP) is 3.55. The van der Waals surface area contributed by atoms with Gasteiger partial charge in [0.25, 0.3) is 0 Å². The Bertz CT molecular complexity index is 559. The molecule has 2 unspecified atom stereocenters. The minimum absolute atomic E-state index is 0.517. The summed E-state index contributed by atoms with van der Waals surface area (Å²) < 4.78 is 0. The fourth-order valence-corrected chi connectivity index (χ4v) is 3.92. The van der Waals surface area contributed by atoms with Crippen LogP contribution in [0.4, 0.5) is 5.69 Å². The van der Waals surface area contributed by atoms with E-state index in [1.807, 2.05) is 30.0 Å². The highest BCUT2D eigenvalue weighted by Gasteiger charge is 2.31. The summed E-state index contributed by atoms with van der Waals surface area (Å²) in [5, 5.41) is 13.4. The van der Waals surface area contributed by atoms with Crippen LogP contribution in [-0.2, 0) is 0 Å². The smallest absolute Gasteiger partial charge is 0.161 e. The molecule has 1 aliphatic carbocycles. The lowest BCUT2D eigenvalue weighted by Gasteiger charge is -2.24. The molecular weight excluding hydrogens is 254 g/mol. The second-order valence-corrected chi connectivity index (χ2v) is 6.28. The molecule has 0 spiro atoms. The Balaban J connectivity index is 1.80. The minimum Gasteiger partial charge on any atom is -0.335 e. The van der Waals surface area contributed by atoms with Crippen LogP contribution in [-0.4, -0.2) is 17.0 Å². The molecule has 0 bridgehead atoms. The van der Waals surface area contributed by atoms with Gasteiger partial charge in [0.2, 0.25) is 0 Å². The van der Waals surface area contributed by atoms with Crippen molar-refractivity contribution in [2.75, 3.05) is 11.1 Å². The van der Waals surface area contributed by atoms with Crippen LogP contribution in [0, 0.1) is 24.2 Å². The van der Waals surface area contributed by atoms with Crippen LogP contribution in [0.3, 0.4) is 0 Å². The Hall–Kier alpha value is -1.47. The van der Waals surface area contributed by atoms with Crippen LogP contribution in [0.2, 0.25) is 0 Å². The Morgan fingerprint density at radius 1 is 1.42 bits per heavy atom. The summed E-state index contributed by atoms with van der Waals surface area (Å²) in [6.07, 6.45) is 3.88. The number of thioether (sulfide) groups is 1. The van der Waals surface area contributed by atoms with E-state index in [9.17, 15) is 0 Å². The highest BCUT2D eigenvalue weighted by atomic mass is 32.2. The van der Waals surface area contributed by atoms with E-state index in [-0.39, 0.29) is 0 Å². The molecule has 1 N–H and O–H groups in total. The molecule has 1 fully saturated rings. The van der Waals surface area contributed by atoms with Crippen molar-refractivity contribution in [3.63, 3.8) is 0 Å².